The molecule has 0 N–H and O–H groups in total. The molecule has 0 aromatic heterocycles. The molecule has 5 aromatic rings. The number of benzene rings is 5. The van der Waals surface area contributed by atoms with E-state index in [-0.39, 0.29) is 0 Å². The zero-order valence-electron chi connectivity index (χ0n) is 18.2. The van der Waals surface area contributed by atoms with Gasteiger partial charge in [-0.2, -0.15) is 0 Å². The Hall–Kier alpha value is -3.55. The van der Waals surface area contributed by atoms with Gasteiger partial charge in [0.25, 0.3) is 0 Å². The SMILES string of the molecule is Cc1ccc(-c2ccc(S(c3ccccc3)(c3ccccc3)c3ccccc3)cc2)cc1. The summed E-state index contributed by atoms with van der Waals surface area (Å²) in [5.74, 6) is 0. The van der Waals surface area contributed by atoms with Crippen molar-refractivity contribution in [2.24, 2.45) is 0 Å². The van der Waals surface area contributed by atoms with Gasteiger partial charge in [-0.25, -0.2) is 0 Å². The first kappa shape index (κ1) is 20.4. The standard InChI is InChI=1S/C31H26S/c1-25-17-19-26(20-18-25)27-21-23-31(24-22-27)32(28-11-5-2-6-12-28,29-13-7-3-8-14-29)30-15-9-4-10-16-30/h2-24H,1H3. The Morgan fingerprint density at radius 3 is 1.03 bits per heavy atom. The lowest BCUT2D eigenvalue weighted by molar-refractivity contribution is 1.24. The molecule has 0 atom stereocenters. The molecule has 0 spiro atoms. The molecule has 0 fully saturated rings. The molecule has 5 aromatic carbocycles. The fourth-order valence-corrected chi connectivity index (χ4v) is 8.16. The summed E-state index contributed by atoms with van der Waals surface area (Å²) in [6.45, 7) is 2.13. The van der Waals surface area contributed by atoms with Gasteiger partial charge in [-0.05, 0) is 66.6 Å². The van der Waals surface area contributed by atoms with Crippen LogP contribution in [0.15, 0.2) is 159 Å². The molecule has 156 valence electrons. The third-order valence-electron chi connectivity index (χ3n) is 5.88. The monoisotopic (exact) mass is 430 g/mol. The van der Waals surface area contributed by atoms with Crippen molar-refractivity contribution >= 4 is 10.0 Å². The molecule has 0 saturated carbocycles. The Morgan fingerprint density at radius 2 is 0.656 bits per heavy atom. The maximum Gasteiger partial charge on any atom is 0.00233 e. The Kier molecular flexibility index (Phi) is 5.66. The van der Waals surface area contributed by atoms with E-state index in [1.807, 2.05) is 0 Å². The van der Waals surface area contributed by atoms with Crippen LogP contribution in [0.25, 0.3) is 11.1 Å². The lowest BCUT2D eigenvalue weighted by Crippen LogP contribution is -2.05. The van der Waals surface area contributed by atoms with Gasteiger partial charge in [-0.15, -0.1) is 10.0 Å². The summed E-state index contributed by atoms with van der Waals surface area (Å²) < 4.78 is 0. The fourth-order valence-electron chi connectivity index (χ4n) is 4.29. The van der Waals surface area contributed by atoms with Gasteiger partial charge < -0.3 is 0 Å². The van der Waals surface area contributed by atoms with Crippen LogP contribution in [0.1, 0.15) is 5.56 Å². The van der Waals surface area contributed by atoms with Crippen molar-refractivity contribution in [3.05, 3.63) is 145 Å². The smallest absolute Gasteiger partial charge is 0.00233 e. The van der Waals surface area contributed by atoms with Crippen LogP contribution in [0.4, 0.5) is 0 Å². The molecule has 32 heavy (non-hydrogen) atoms. The third kappa shape index (κ3) is 3.66. The summed E-state index contributed by atoms with van der Waals surface area (Å²) in [6, 6.07) is 50.9. The number of rotatable bonds is 5. The van der Waals surface area contributed by atoms with Crippen molar-refractivity contribution in [3.63, 3.8) is 0 Å². The Bertz CT molecular complexity index is 1180. The maximum absolute atomic E-state index is 2.33. The molecule has 0 unspecified atom stereocenters. The lowest BCUT2D eigenvalue weighted by atomic mass is 10.0. The lowest BCUT2D eigenvalue weighted by Gasteiger charge is -2.42. The van der Waals surface area contributed by atoms with Crippen LogP contribution in [0.5, 0.6) is 0 Å². The molecule has 0 aliphatic carbocycles. The average Bonchev–Trinajstić information content (AvgIpc) is 2.88. The van der Waals surface area contributed by atoms with Crippen LogP contribution in [-0.2, 0) is 0 Å². The van der Waals surface area contributed by atoms with Crippen molar-refractivity contribution in [3.8, 4) is 11.1 Å². The quantitative estimate of drug-likeness (QED) is 0.261. The highest BCUT2D eigenvalue weighted by Crippen LogP contribution is 2.73. The highest BCUT2D eigenvalue weighted by Gasteiger charge is 2.32. The van der Waals surface area contributed by atoms with Gasteiger partial charge in [0.05, 0.1) is 0 Å². The predicted octanol–water partition coefficient (Wildman–Crippen LogP) is 9.00. The minimum absolute atomic E-state index is 1.25. The minimum atomic E-state index is -1.62. The van der Waals surface area contributed by atoms with E-state index in [9.17, 15) is 0 Å². The molecular weight excluding hydrogens is 404 g/mol. The molecule has 0 heterocycles. The van der Waals surface area contributed by atoms with Crippen LogP contribution in [0.3, 0.4) is 0 Å². The van der Waals surface area contributed by atoms with Gasteiger partial charge in [0, 0.05) is 19.6 Å². The molecular formula is C31H26S. The Morgan fingerprint density at radius 1 is 0.344 bits per heavy atom. The summed E-state index contributed by atoms with van der Waals surface area (Å²) >= 11 is 0. The molecule has 0 nitrogen and oxygen atoms in total. The van der Waals surface area contributed by atoms with Crippen LogP contribution < -0.4 is 0 Å². The van der Waals surface area contributed by atoms with Crippen LogP contribution in [-0.4, -0.2) is 0 Å². The van der Waals surface area contributed by atoms with Gasteiger partial charge in [0.1, 0.15) is 0 Å². The number of aryl methyl sites for hydroxylation is 1. The summed E-state index contributed by atoms with van der Waals surface area (Å²) in [5.41, 5.74) is 3.78. The number of hydrogen-bond acceptors (Lipinski definition) is 0. The van der Waals surface area contributed by atoms with E-state index >= 15 is 0 Å². The van der Waals surface area contributed by atoms with E-state index in [0.29, 0.717) is 0 Å². The molecule has 0 aliphatic rings. The first-order valence-electron chi connectivity index (χ1n) is 10.9. The van der Waals surface area contributed by atoms with E-state index in [1.54, 1.807) is 0 Å². The fraction of sp³-hybridized carbons (Fsp3) is 0.0323. The van der Waals surface area contributed by atoms with E-state index in [1.165, 1.54) is 36.3 Å². The van der Waals surface area contributed by atoms with Gasteiger partial charge >= 0.3 is 0 Å². The normalized spacial score (nSPS) is 11.8. The summed E-state index contributed by atoms with van der Waals surface area (Å²) in [7, 11) is -1.62. The second-order valence-electron chi connectivity index (χ2n) is 7.94. The van der Waals surface area contributed by atoms with Gasteiger partial charge in [0.15, 0.2) is 0 Å². The highest BCUT2D eigenvalue weighted by atomic mass is 32.3. The Balaban J connectivity index is 1.76. The van der Waals surface area contributed by atoms with Gasteiger partial charge in [-0.1, -0.05) is 96.6 Å². The van der Waals surface area contributed by atoms with Crippen LogP contribution in [0.2, 0.25) is 0 Å². The first-order chi connectivity index (χ1) is 15.8. The molecule has 0 amide bonds. The largest absolute Gasteiger partial charge is 0.133 e. The molecule has 0 radical (unpaired) electrons. The van der Waals surface area contributed by atoms with Crippen molar-refractivity contribution in [2.75, 3.05) is 0 Å². The number of hydrogen-bond donors (Lipinski definition) is 0. The van der Waals surface area contributed by atoms with E-state index < -0.39 is 10.0 Å². The molecule has 0 aliphatic heterocycles. The van der Waals surface area contributed by atoms with E-state index in [4.69, 9.17) is 0 Å². The summed E-state index contributed by atoms with van der Waals surface area (Å²) in [4.78, 5) is 5.39. The molecule has 5 rings (SSSR count). The van der Waals surface area contributed by atoms with Crippen molar-refractivity contribution in [1.82, 2.24) is 0 Å². The zero-order valence-corrected chi connectivity index (χ0v) is 19.0. The van der Waals surface area contributed by atoms with Crippen molar-refractivity contribution in [1.29, 1.82) is 0 Å². The topological polar surface area (TPSA) is 0 Å². The van der Waals surface area contributed by atoms with E-state index in [0.717, 1.165) is 0 Å². The molecule has 0 bridgehead atoms. The van der Waals surface area contributed by atoms with Crippen LogP contribution in [0, 0.1) is 6.92 Å². The maximum atomic E-state index is 2.33. The van der Waals surface area contributed by atoms with Crippen molar-refractivity contribution < 1.29 is 0 Å². The summed E-state index contributed by atoms with van der Waals surface area (Å²) in [6.07, 6.45) is 0. The minimum Gasteiger partial charge on any atom is -0.133 e. The first-order valence-corrected chi connectivity index (χ1v) is 12.6. The Labute approximate surface area is 192 Å². The molecule has 1 heteroatoms. The summed E-state index contributed by atoms with van der Waals surface area (Å²) in [5, 5.41) is 0. The van der Waals surface area contributed by atoms with E-state index in [2.05, 4.69) is 146 Å². The predicted molar refractivity (Wildman–Crippen MR) is 137 cm³/mol. The van der Waals surface area contributed by atoms with Gasteiger partial charge in [-0.3, -0.25) is 0 Å². The van der Waals surface area contributed by atoms with Crippen molar-refractivity contribution in [2.45, 2.75) is 26.5 Å². The third-order valence-corrected chi connectivity index (χ3v) is 9.80. The van der Waals surface area contributed by atoms with Gasteiger partial charge in [0.2, 0.25) is 0 Å². The second-order valence-corrected chi connectivity index (χ2v) is 11.1. The van der Waals surface area contributed by atoms with Crippen LogP contribution >= 0.6 is 10.0 Å². The average molecular weight is 431 g/mol. The second kappa shape index (κ2) is 8.90. The highest BCUT2D eigenvalue weighted by molar-refractivity contribution is 8.34. The zero-order chi connectivity index (χ0) is 21.8. The molecule has 0 saturated heterocycles.